The van der Waals surface area contributed by atoms with Crippen molar-refractivity contribution in [3.63, 3.8) is 0 Å². The highest BCUT2D eigenvalue weighted by atomic mass is 32.2. The van der Waals surface area contributed by atoms with E-state index in [9.17, 15) is 13.0 Å². The number of hydrogen-bond acceptors (Lipinski definition) is 3. The molecule has 2 N–H and O–H groups in total. The monoisotopic (exact) mass is 285 g/mol. The maximum atomic E-state index is 14.0. The van der Waals surface area contributed by atoms with Crippen LogP contribution in [0.4, 0.5) is 14.7 Å². The van der Waals surface area contributed by atoms with E-state index in [1.165, 1.54) is 6.07 Å². The summed E-state index contributed by atoms with van der Waals surface area (Å²) in [7, 11) is -0.815. The zero-order valence-corrected chi connectivity index (χ0v) is 10.9. The van der Waals surface area contributed by atoms with E-state index in [1.54, 1.807) is 4.57 Å². The fraction of sp³-hybridized carbons (Fsp3) is 0.417. The predicted molar refractivity (Wildman–Crippen MR) is 70.2 cm³/mol. The maximum absolute atomic E-state index is 14.0. The van der Waals surface area contributed by atoms with Crippen LogP contribution in [-0.4, -0.2) is 25.3 Å². The molecule has 0 atom stereocenters. The lowest BCUT2D eigenvalue weighted by molar-refractivity contribution is 0.464. The van der Waals surface area contributed by atoms with Crippen LogP contribution in [0.1, 0.15) is 18.9 Å². The molecule has 1 saturated heterocycles. The molecule has 0 saturated carbocycles. The van der Waals surface area contributed by atoms with Gasteiger partial charge >= 0.3 is 0 Å². The van der Waals surface area contributed by atoms with Gasteiger partial charge in [0.05, 0.1) is 5.52 Å². The molecule has 7 heteroatoms. The number of imidazole rings is 1. The van der Waals surface area contributed by atoms with Crippen LogP contribution in [0.15, 0.2) is 12.1 Å². The van der Waals surface area contributed by atoms with Gasteiger partial charge in [-0.1, -0.05) is 0 Å². The minimum Gasteiger partial charge on any atom is -0.369 e. The lowest BCUT2D eigenvalue weighted by atomic mass is 10.1. The van der Waals surface area contributed by atoms with Crippen LogP contribution >= 0.6 is 0 Å². The van der Waals surface area contributed by atoms with Crippen molar-refractivity contribution in [2.24, 2.45) is 0 Å². The van der Waals surface area contributed by atoms with Gasteiger partial charge in [0.2, 0.25) is 5.95 Å². The first-order chi connectivity index (χ1) is 9.08. The summed E-state index contributed by atoms with van der Waals surface area (Å²) in [6, 6.07) is 2.39. The Hall–Kier alpha value is -1.50. The predicted octanol–water partition coefficient (Wildman–Crippen LogP) is 1.98. The van der Waals surface area contributed by atoms with E-state index in [4.69, 9.17) is 5.73 Å². The number of nitrogen functional groups attached to an aromatic ring is 1. The van der Waals surface area contributed by atoms with Crippen LogP contribution in [0.2, 0.25) is 0 Å². The minimum absolute atomic E-state index is 0.0704. The summed E-state index contributed by atoms with van der Waals surface area (Å²) in [6.45, 7) is 0. The summed E-state index contributed by atoms with van der Waals surface area (Å²) in [5.74, 6) is -0.542. The normalized spacial score (nSPS) is 23.9. The molecule has 0 bridgehead atoms. The maximum Gasteiger partial charge on any atom is 0.201 e. The van der Waals surface area contributed by atoms with E-state index < -0.39 is 22.4 Å². The van der Waals surface area contributed by atoms with Crippen LogP contribution in [0.3, 0.4) is 0 Å². The average Bonchev–Trinajstić information content (AvgIpc) is 2.72. The van der Waals surface area contributed by atoms with Gasteiger partial charge in [-0.25, -0.2) is 13.8 Å². The Labute approximate surface area is 111 Å². The number of nitrogens with two attached hydrogens (primary N) is 1. The van der Waals surface area contributed by atoms with Crippen LogP contribution in [0.5, 0.6) is 0 Å². The van der Waals surface area contributed by atoms with Crippen molar-refractivity contribution in [1.82, 2.24) is 9.55 Å². The van der Waals surface area contributed by atoms with Crippen LogP contribution < -0.4 is 5.73 Å². The number of anilines is 1. The molecule has 1 aromatic heterocycles. The third-order valence-electron chi connectivity index (χ3n) is 3.49. The van der Waals surface area contributed by atoms with Crippen molar-refractivity contribution in [3.05, 3.63) is 23.8 Å². The number of aromatic nitrogens is 2. The van der Waals surface area contributed by atoms with Gasteiger partial charge in [0, 0.05) is 28.3 Å². The molecule has 102 valence electrons. The van der Waals surface area contributed by atoms with Crippen molar-refractivity contribution in [3.8, 4) is 0 Å². The molecule has 1 aromatic carbocycles. The Kier molecular flexibility index (Phi) is 3.00. The van der Waals surface area contributed by atoms with Crippen molar-refractivity contribution in [1.29, 1.82) is 0 Å². The summed E-state index contributed by atoms with van der Waals surface area (Å²) in [5.41, 5.74) is 6.28. The van der Waals surface area contributed by atoms with Crippen LogP contribution in [0.25, 0.3) is 11.0 Å². The molecule has 2 aromatic rings. The van der Waals surface area contributed by atoms with E-state index in [2.05, 4.69) is 4.98 Å². The Bertz CT molecular complexity index is 661. The molecule has 0 unspecified atom stereocenters. The summed E-state index contributed by atoms with van der Waals surface area (Å²) in [5, 5.41) is 0. The van der Waals surface area contributed by atoms with Crippen molar-refractivity contribution in [2.75, 3.05) is 17.2 Å². The van der Waals surface area contributed by atoms with Crippen molar-refractivity contribution in [2.45, 2.75) is 18.9 Å². The number of hydrogen-bond donors (Lipinski definition) is 1. The molecule has 1 aliphatic rings. The molecule has 0 spiro atoms. The molecule has 2 heterocycles. The highest BCUT2D eigenvalue weighted by Gasteiger charge is 2.25. The fourth-order valence-electron chi connectivity index (χ4n) is 2.55. The van der Waals surface area contributed by atoms with Gasteiger partial charge in [0.1, 0.15) is 5.52 Å². The molecule has 1 aliphatic heterocycles. The molecular formula is C12H13F2N3OS. The van der Waals surface area contributed by atoms with Gasteiger partial charge in [-0.05, 0) is 25.0 Å². The van der Waals surface area contributed by atoms with Gasteiger partial charge < -0.3 is 10.3 Å². The Morgan fingerprint density at radius 3 is 2.68 bits per heavy atom. The fourth-order valence-corrected chi connectivity index (χ4v) is 3.82. The van der Waals surface area contributed by atoms with Crippen molar-refractivity contribution < 1.29 is 13.0 Å². The molecule has 3 rings (SSSR count). The molecular weight excluding hydrogens is 272 g/mol. The first kappa shape index (κ1) is 12.5. The Balaban J connectivity index is 2.14. The van der Waals surface area contributed by atoms with Gasteiger partial charge in [-0.3, -0.25) is 4.21 Å². The molecule has 0 aliphatic carbocycles. The van der Waals surface area contributed by atoms with Crippen LogP contribution in [-0.2, 0) is 10.8 Å². The van der Waals surface area contributed by atoms with Gasteiger partial charge in [0.15, 0.2) is 11.6 Å². The Morgan fingerprint density at radius 1 is 1.32 bits per heavy atom. The molecule has 4 nitrogen and oxygen atoms in total. The molecule has 0 radical (unpaired) electrons. The molecule has 1 fully saturated rings. The minimum atomic E-state index is -0.923. The second kappa shape index (κ2) is 4.56. The van der Waals surface area contributed by atoms with Crippen LogP contribution in [0, 0.1) is 11.6 Å². The van der Waals surface area contributed by atoms with E-state index in [0.717, 1.165) is 6.07 Å². The lowest BCUT2D eigenvalue weighted by Gasteiger charge is -2.24. The smallest absolute Gasteiger partial charge is 0.201 e. The SMILES string of the molecule is Nc1nc2ccc(F)c(F)c2n1C1CCS(=O)CC1. The second-order valence-corrected chi connectivity index (χ2v) is 6.34. The van der Waals surface area contributed by atoms with E-state index in [1.807, 2.05) is 0 Å². The largest absolute Gasteiger partial charge is 0.369 e. The summed E-state index contributed by atoms with van der Waals surface area (Å²) >= 11 is 0. The van der Waals surface area contributed by atoms with E-state index in [0.29, 0.717) is 29.9 Å². The third-order valence-corrected chi connectivity index (χ3v) is 4.88. The standard InChI is InChI=1S/C12H13F2N3OS/c13-8-1-2-9-11(10(8)14)17(12(15)16-9)7-3-5-19(18)6-4-7/h1-2,7H,3-6H2,(H2,15,16). The number of nitrogens with zero attached hydrogens (tertiary/aromatic N) is 2. The number of rotatable bonds is 1. The summed E-state index contributed by atoms with van der Waals surface area (Å²) in [6.07, 6.45) is 1.27. The molecule has 0 amide bonds. The Morgan fingerprint density at radius 2 is 2.00 bits per heavy atom. The number of halogens is 2. The summed E-state index contributed by atoms with van der Waals surface area (Å²) < 4.78 is 40.2. The van der Waals surface area contributed by atoms with E-state index in [-0.39, 0.29) is 17.5 Å². The zero-order chi connectivity index (χ0) is 13.6. The topological polar surface area (TPSA) is 60.9 Å². The quantitative estimate of drug-likeness (QED) is 0.871. The van der Waals surface area contributed by atoms with Gasteiger partial charge in [0.25, 0.3) is 0 Å². The third kappa shape index (κ3) is 2.01. The highest BCUT2D eigenvalue weighted by molar-refractivity contribution is 7.85. The number of benzene rings is 1. The van der Waals surface area contributed by atoms with Gasteiger partial charge in [-0.2, -0.15) is 0 Å². The first-order valence-corrected chi connectivity index (χ1v) is 7.53. The highest BCUT2D eigenvalue weighted by Crippen LogP contribution is 2.31. The van der Waals surface area contributed by atoms with E-state index >= 15 is 0 Å². The number of fused-ring (bicyclic) bond motifs is 1. The average molecular weight is 285 g/mol. The second-order valence-electron chi connectivity index (χ2n) is 4.65. The summed E-state index contributed by atoms with van der Waals surface area (Å²) in [4.78, 5) is 4.07. The molecule has 19 heavy (non-hydrogen) atoms. The van der Waals surface area contributed by atoms with Gasteiger partial charge in [-0.15, -0.1) is 0 Å². The first-order valence-electron chi connectivity index (χ1n) is 6.04. The lowest BCUT2D eigenvalue weighted by Crippen LogP contribution is -2.23. The van der Waals surface area contributed by atoms with Crippen molar-refractivity contribution >= 4 is 27.8 Å². The zero-order valence-electron chi connectivity index (χ0n) is 10.1.